The van der Waals surface area contributed by atoms with Crippen molar-refractivity contribution >= 4 is 21.9 Å². The van der Waals surface area contributed by atoms with Gasteiger partial charge in [-0.15, -0.1) is 5.10 Å². The molecule has 0 radical (unpaired) electrons. The summed E-state index contributed by atoms with van der Waals surface area (Å²) in [5.41, 5.74) is 3.44. The van der Waals surface area contributed by atoms with Gasteiger partial charge >= 0.3 is 0 Å². The van der Waals surface area contributed by atoms with Gasteiger partial charge in [-0.2, -0.15) is 0 Å². The molecule has 0 aliphatic heterocycles. The largest absolute Gasteiger partial charge is 0.507 e. The van der Waals surface area contributed by atoms with Crippen molar-refractivity contribution in [1.82, 2.24) is 20.0 Å². The Morgan fingerprint density at radius 1 is 1.07 bits per heavy atom. The number of hydrogen-bond donors (Lipinski definition) is 1. The van der Waals surface area contributed by atoms with Crippen LogP contribution >= 0.6 is 0 Å². The van der Waals surface area contributed by atoms with Crippen molar-refractivity contribution in [2.45, 2.75) is 6.54 Å². The van der Waals surface area contributed by atoms with E-state index in [0.29, 0.717) is 35.9 Å². The van der Waals surface area contributed by atoms with E-state index in [-0.39, 0.29) is 5.75 Å². The minimum absolute atomic E-state index is 0.0941. The van der Waals surface area contributed by atoms with E-state index in [1.54, 1.807) is 23.9 Å². The second-order valence-corrected chi connectivity index (χ2v) is 6.78. The number of aromatic hydroxyl groups is 1. The number of phenolic OH excluding ortho intramolecular Hbond substituents is 1. The lowest BCUT2D eigenvalue weighted by Gasteiger charge is -2.03. The Morgan fingerprint density at radius 3 is 2.72 bits per heavy atom. The molecule has 0 saturated heterocycles. The number of rotatable bonds is 5. The average Bonchev–Trinajstić information content (AvgIpc) is 3.37. The molecule has 0 aliphatic rings. The van der Waals surface area contributed by atoms with Crippen LogP contribution in [0.15, 0.2) is 65.2 Å². The number of hydrogen-bond acceptors (Lipinski definition) is 6. The summed E-state index contributed by atoms with van der Waals surface area (Å²) in [6.45, 7) is 1.17. The van der Waals surface area contributed by atoms with Crippen LogP contribution in [-0.2, 0) is 11.3 Å². The maximum Gasteiger partial charge on any atom is 0.231 e. The number of phenols is 1. The third-order valence-electron chi connectivity index (χ3n) is 4.84. The maximum atomic E-state index is 10.4. The van der Waals surface area contributed by atoms with E-state index in [1.807, 2.05) is 48.7 Å². The summed E-state index contributed by atoms with van der Waals surface area (Å²) in [7, 11) is 1.65. The molecule has 29 heavy (non-hydrogen) atoms. The van der Waals surface area contributed by atoms with E-state index < -0.39 is 0 Å². The van der Waals surface area contributed by atoms with Crippen LogP contribution in [0, 0.1) is 0 Å². The maximum absolute atomic E-state index is 10.4. The Kier molecular flexibility index (Phi) is 4.22. The van der Waals surface area contributed by atoms with Gasteiger partial charge in [-0.05, 0) is 41.1 Å². The Morgan fingerprint density at radius 2 is 1.90 bits per heavy atom. The highest BCUT2D eigenvalue weighted by molar-refractivity contribution is 5.95. The molecular weight excluding hydrogens is 368 g/mol. The fourth-order valence-electron chi connectivity index (χ4n) is 3.32. The first-order chi connectivity index (χ1) is 14.2. The van der Waals surface area contributed by atoms with Gasteiger partial charge in [0.1, 0.15) is 17.0 Å². The highest BCUT2D eigenvalue weighted by Crippen LogP contribution is 2.35. The zero-order chi connectivity index (χ0) is 19.8. The van der Waals surface area contributed by atoms with Crippen molar-refractivity contribution in [3.8, 4) is 28.5 Å². The number of ether oxygens (including phenoxy) is 1. The van der Waals surface area contributed by atoms with E-state index in [9.17, 15) is 5.11 Å². The first-order valence-corrected chi connectivity index (χ1v) is 9.23. The molecule has 0 unspecified atom stereocenters. The van der Waals surface area contributed by atoms with Gasteiger partial charge in [-0.25, -0.2) is 9.67 Å². The molecule has 1 N–H and O–H groups in total. The third-order valence-corrected chi connectivity index (χ3v) is 4.84. The second-order valence-electron chi connectivity index (χ2n) is 6.78. The van der Waals surface area contributed by atoms with Crippen LogP contribution in [0.25, 0.3) is 44.6 Å². The van der Waals surface area contributed by atoms with E-state index in [2.05, 4.69) is 15.3 Å². The van der Waals surface area contributed by atoms with Crippen LogP contribution in [0.3, 0.4) is 0 Å². The zero-order valence-electron chi connectivity index (χ0n) is 15.7. The van der Waals surface area contributed by atoms with Crippen molar-refractivity contribution < 1.29 is 14.3 Å². The van der Waals surface area contributed by atoms with Gasteiger partial charge in [0.15, 0.2) is 5.58 Å². The van der Waals surface area contributed by atoms with Crippen LogP contribution in [0.5, 0.6) is 5.75 Å². The van der Waals surface area contributed by atoms with Gasteiger partial charge < -0.3 is 14.3 Å². The molecule has 7 nitrogen and oxygen atoms in total. The molecule has 144 valence electrons. The van der Waals surface area contributed by atoms with Crippen molar-refractivity contribution in [2.24, 2.45) is 0 Å². The molecule has 5 rings (SSSR count). The molecule has 2 aromatic heterocycles. The summed E-state index contributed by atoms with van der Waals surface area (Å²) in [6.07, 6.45) is 1.84. The SMILES string of the molecule is COCCn1cc(-c2ccc(O)c(-c3nc4cc5ccccc5cc4o3)c2)nn1. The van der Waals surface area contributed by atoms with Crippen molar-refractivity contribution in [3.05, 3.63) is 60.8 Å². The van der Waals surface area contributed by atoms with Crippen molar-refractivity contribution in [1.29, 1.82) is 0 Å². The highest BCUT2D eigenvalue weighted by Gasteiger charge is 2.15. The predicted molar refractivity (Wildman–Crippen MR) is 110 cm³/mol. The molecular formula is C22H18N4O3. The van der Waals surface area contributed by atoms with Gasteiger partial charge in [0.2, 0.25) is 5.89 Å². The lowest BCUT2D eigenvalue weighted by Crippen LogP contribution is -2.04. The fraction of sp³-hybridized carbons (Fsp3) is 0.136. The normalized spacial score (nSPS) is 11.5. The zero-order valence-corrected chi connectivity index (χ0v) is 15.7. The third kappa shape index (κ3) is 3.21. The summed E-state index contributed by atoms with van der Waals surface area (Å²) in [5.74, 6) is 0.457. The average molecular weight is 386 g/mol. The summed E-state index contributed by atoms with van der Waals surface area (Å²) in [4.78, 5) is 4.59. The van der Waals surface area contributed by atoms with E-state index >= 15 is 0 Å². The van der Waals surface area contributed by atoms with Gasteiger partial charge in [-0.3, -0.25) is 0 Å². The second kappa shape index (κ2) is 7.03. The molecule has 7 heteroatoms. The molecule has 0 spiro atoms. The number of benzene rings is 3. The molecule has 0 saturated carbocycles. The van der Waals surface area contributed by atoms with Crippen LogP contribution in [0.4, 0.5) is 0 Å². The van der Waals surface area contributed by atoms with E-state index in [1.165, 1.54) is 0 Å². The number of aromatic nitrogens is 4. The predicted octanol–water partition coefficient (Wildman–Crippen LogP) is 4.26. The van der Waals surface area contributed by atoms with Gasteiger partial charge in [0, 0.05) is 12.7 Å². The Bertz CT molecular complexity index is 1270. The summed E-state index contributed by atoms with van der Waals surface area (Å²) < 4.78 is 12.8. The topological polar surface area (TPSA) is 86.2 Å². The number of fused-ring (bicyclic) bond motifs is 2. The fourth-order valence-corrected chi connectivity index (χ4v) is 3.32. The molecule has 3 aromatic carbocycles. The summed E-state index contributed by atoms with van der Waals surface area (Å²) in [5, 5.41) is 20.9. The van der Waals surface area contributed by atoms with E-state index in [0.717, 1.165) is 21.9 Å². The van der Waals surface area contributed by atoms with Crippen LogP contribution in [0.1, 0.15) is 0 Å². The highest BCUT2D eigenvalue weighted by atomic mass is 16.5. The molecule has 0 atom stereocenters. The minimum atomic E-state index is 0.0941. The lowest BCUT2D eigenvalue weighted by molar-refractivity contribution is 0.183. The van der Waals surface area contributed by atoms with Crippen molar-refractivity contribution in [2.75, 3.05) is 13.7 Å². The first-order valence-electron chi connectivity index (χ1n) is 9.23. The number of methoxy groups -OCH3 is 1. The van der Waals surface area contributed by atoms with Crippen LogP contribution in [-0.4, -0.2) is 38.8 Å². The molecule has 5 aromatic rings. The van der Waals surface area contributed by atoms with Crippen LogP contribution in [0.2, 0.25) is 0 Å². The Hall–Kier alpha value is -3.71. The smallest absolute Gasteiger partial charge is 0.231 e. The van der Waals surface area contributed by atoms with Gasteiger partial charge in [-0.1, -0.05) is 29.5 Å². The van der Waals surface area contributed by atoms with Gasteiger partial charge in [0.25, 0.3) is 0 Å². The van der Waals surface area contributed by atoms with Gasteiger partial charge in [0.05, 0.1) is 24.9 Å². The molecule has 0 amide bonds. The first kappa shape index (κ1) is 17.4. The van der Waals surface area contributed by atoms with Crippen molar-refractivity contribution in [3.63, 3.8) is 0 Å². The monoisotopic (exact) mass is 386 g/mol. The Labute approximate surface area is 166 Å². The Balaban J connectivity index is 1.56. The standard InChI is InChI=1S/C22H18N4O3/c1-28-9-8-26-13-19(24-25-26)16-6-7-20(27)17(10-16)22-23-18-11-14-4-2-3-5-15(14)12-21(18)29-22/h2-7,10-13,27H,8-9H2,1H3. The molecule has 0 bridgehead atoms. The molecule has 0 fully saturated rings. The quantitative estimate of drug-likeness (QED) is 0.486. The van der Waals surface area contributed by atoms with Crippen LogP contribution < -0.4 is 0 Å². The van der Waals surface area contributed by atoms with E-state index in [4.69, 9.17) is 9.15 Å². The molecule has 2 heterocycles. The summed E-state index contributed by atoms with van der Waals surface area (Å²) >= 11 is 0. The number of nitrogens with zero attached hydrogens (tertiary/aromatic N) is 4. The lowest BCUT2D eigenvalue weighted by atomic mass is 10.1. The number of oxazole rings is 1. The summed E-state index contributed by atoms with van der Waals surface area (Å²) in [6, 6.07) is 17.2. The minimum Gasteiger partial charge on any atom is -0.507 e. The molecule has 0 aliphatic carbocycles.